The Balaban J connectivity index is 2.21. The van der Waals surface area contributed by atoms with Crippen molar-refractivity contribution in [2.24, 2.45) is 4.99 Å². The molecule has 0 spiro atoms. The molecule has 0 saturated carbocycles. The van der Waals surface area contributed by atoms with Crippen LogP contribution in [0.3, 0.4) is 0 Å². The number of nitrogens with zero attached hydrogens (tertiary/aromatic N) is 2. The van der Waals surface area contributed by atoms with E-state index in [0.717, 1.165) is 27.6 Å². The van der Waals surface area contributed by atoms with Crippen LogP contribution in [0.2, 0.25) is 0 Å². The van der Waals surface area contributed by atoms with Crippen molar-refractivity contribution in [3.63, 3.8) is 0 Å². The zero-order chi connectivity index (χ0) is 15.7. The van der Waals surface area contributed by atoms with Crippen molar-refractivity contribution in [1.29, 1.82) is 0 Å². The zero-order valence-electron chi connectivity index (χ0n) is 13.4. The summed E-state index contributed by atoms with van der Waals surface area (Å²) in [7, 11) is 5.75. The first kappa shape index (κ1) is 14.4. The number of anilines is 1. The monoisotopic (exact) mass is 296 g/mol. The molecule has 2 aromatic carbocycles. The minimum Gasteiger partial charge on any atom is -0.497 e. The smallest absolute Gasteiger partial charge is 0.179 e. The van der Waals surface area contributed by atoms with E-state index in [9.17, 15) is 0 Å². The summed E-state index contributed by atoms with van der Waals surface area (Å²) < 4.78 is 11.0. The van der Waals surface area contributed by atoms with E-state index in [1.165, 1.54) is 11.3 Å². The molecule has 0 atom stereocenters. The highest BCUT2D eigenvalue weighted by atomic mass is 16.5. The predicted octanol–water partition coefficient (Wildman–Crippen LogP) is 1.83. The molecule has 22 heavy (non-hydrogen) atoms. The van der Waals surface area contributed by atoms with Gasteiger partial charge in [-0.1, -0.05) is 0 Å². The summed E-state index contributed by atoms with van der Waals surface area (Å²) in [5.74, 6) is 1.71. The van der Waals surface area contributed by atoms with Gasteiger partial charge in [0.1, 0.15) is 11.5 Å². The first-order chi connectivity index (χ1) is 10.6. The van der Waals surface area contributed by atoms with Crippen molar-refractivity contribution in [2.45, 2.75) is 6.92 Å². The quantitative estimate of drug-likeness (QED) is 0.866. The predicted molar refractivity (Wildman–Crippen MR) is 87.7 cm³/mol. The Morgan fingerprint density at radius 2 is 1.86 bits per heavy atom. The van der Waals surface area contributed by atoms with Gasteiger partial charge < -0.3 is 14.4 Å². The van der Waals surface area contributed by atoms with Crippen molar-refractivity contribution in [1.82, 2.24) is 0 Å². The topological polar surface area (TPSA) is 34.1 Å². The third kappa shape index (κ3) is 2.52. The van der Waals surface area contributed by atoms with Gasteiger partial charge in [-0.2, -0.15) is 0 Å². The van der Waals surface area contributed by atoms with E-state index in [1.54, 1.807) is 7.11 Å². The average molecular weight is 296 g/mol. The number of ether oxygens (including phenoxy) is 2. The van der Waals surface area contributed by atoms with Crippen molar-refractivity contribution in [3.8, 4) is 5.75 Å². The highest BCUT2D eigenvalue weighted by molar-refractivity contribution is 5.63. The number of methoxy groups -OCH3 is 1. The first-order valence-electron chi connectivity index (χ1n) is 7.24. The molecule has 0 unspecified atom stereocenters. The van der Waals surface area contributed by atoms with Crippen LogP contribution in [0, 0.1) is 6.92 Å². The number of aryl methyl sites for hydroxylation is 1. The van der Waals surface area contributed by atoms with Crippen LogP contribution in [0.1, 0.15) is 11.1 Å². The van der Waals surface area contributed by atoms with E-state index >= 15 is 0 Å². The standard InChI is InChI=1S/C18H20N2O2/c1-12-9-15-16(10-17(12)20(2)3)19-11-22-18(15)13-5-7-14(21-4)8-6-13/h5-10H,11H2,1-4H3. The molecule has 0 N–H and O–H groups in total. The van der Waals surface area contributed by atoms with Gasteiger partial charge in [-0.25, -0.2) is 4.99 Å². The zero-order valence-corrected chi connectivity index (χ0v) is 13.4. The Kier molecular flexibility index (Phi) is 3.75. The lowest BCUT2D eigenvalue weighted by molar-refractivity contribution is 0.276. The van der Waals surface area contributed by atoms with E-state index in [1.807, 2.05) is 38.4 Å². The van der Waals surface area contributed by atoms with Crippen molar-refractivity contribution < 1.29 is 9.47 Å². The molecule has 2 aromatic rings. The number of rotatable bonds is 3. The Labute approximate surface area is 130 Å². The molecule has 0 saturated heterocycles. The van der Waals surface area contributed by atoms with Crippen LogP contribution in [-0.4, -0.2) is 27.9 Å². The lowest BCUT2D eigenvalue weighted by Crippen LogP contribution is -2.34. The maximum atomic E-state index is 5.81. The fraction of sp³-hybridized carbons (Fsp3) is 0.278. The second kappa shape index (κ2) is 5.72. The van der Waals surface area contributed by atoms with Crippen LogP contribution in [0.4, 0.5) is 5.69 Å². The minimum atomic E-state index is 0.351. The summed E-state index contributed by atoms with van der Waals surface area (Å²) in [6.07, 6.45) is 0. The maximum Gasteiger partial charge on any atom is 0.179 e. The van der Waals surface area contributed by atoms with Gasteiger partial charge in [-0.05, 0) is 48.9 Å². The van der Waals surface area contributed by atoms with Gasteiger partial charge in [0, 0.05) is 30.6 Å². The Hall–Kier alpha value is -2.49. The molecular weight excluding hydrogens is 276 g/mol. The second-order valence-electron chi connectivity index (χ2n) is 5.54. The van der Waals surface area contributed by atoms with E-state index in [2.05, 4.69) is 28.9 Å². The summed E-state index contributed by atoms with van der Waals surface area (Å²) >= 11 is 0. The number of hydrogen-bond acceptors (Lipinski definition) is 4. The lowest BCUT2D eigenvalue weighted by atomic mass is 10.1. The molecule has 4 heteroatoms. The molecule has 0 amide bonds. The van der Waals surface area contributed by atoms with E-state index in [4.69, 9.17) is 9.47 Å². The number of fused-ring (bicyclic) bond motifs is 1. The van der Waals surface area contributed by atoms with E-state index in [-0.39, 0.29) is 0 Å². The SMILES string of the molecule is COc1ccc(C2=c3cc(C)c(N(C)C)cc3=NCO2)cc1. The highest BCUT2D eigenvalue weighted by Gasteiger charge is 2.12. The molecule has 0 bridgehead atoms. The van der Waals surface area contributed by atoms with Gasteiger partial charge in [-0.15, -0.1) is 0 Å². The molecule has 1 aliphatic heterocycles. The van der Waals surface area contributed by atoms with Crippen LogP contribution in [-0.2, 0) is 4.74 Å². The molecule has 0 radical (unpaired) electrons. The van der Waals surface area contributed by atoms with Gasteiger partial charge >= 0.3 is 0 Å². The Bertz CT molecular complexity index is 808. The van der Waals surface area contributed by atoms with Gasteiger partial charge in [0.05, 0.1) is 12.5 Å². The van der Waals surface area contributed by atoms with Crippen molar-refractivity contribution in [3.05, 3.63) is 58.1 Å². The Morgan fingerprint density at radius 3 is 2.50 bits per heavy atom. The summed E-state index contributed by atoms with van der Waals surface area (Å²) in [6.45, 7) is 2.46. The van der Waals surface area contributed by atoms with Crippen LogP contribution in [0.5, 0.6) is 5.75 Å². The van der Waals surface area contributed by atoms with Gasteiger partial charge in [0.15, 0.2) is 6.73 Å². The molecule has 0 aromatic heterocycles. The van der Waals surface area contributed by atoms with Crippen molar-refractivity contribution in [2.75, 3.05) is 32.8 Å². The molecule has 0 fully saturated rings. The maximum absolute atomic E-state index is 5.81. The van der Waals surface area contributed by atoms with E-state index in [0.29, 0.717) is 6.73 Å². The lowest BCUT2D eigenvalue weighted by Gasteiger charge is -2.18. The third-order valence-electron chi connectivity index (χ3n) is 3.84. The normalized spacial score (nSPS) is 13.0. The molecule has 1 heterocycles. The fourth-order valence-corrected chi connectivity index (χ4v) is 2.71. The first-order valence-corrected chi connectivity index (χ1v) is 7.24. The molecule has 4 nitrogen and oxygen atoms in total. The fourth-order valence-electron chi connectivity index (χ4n) is 2.71. The summed E-state index contributed by atoms with van der Waals surface area (Å²) in [4.78, 5) is 6.60. The highest BCUT2D eigenvalue weighted by Crippen LogP contribution is 2.19. The molecule has 0 aliphatic carbocycles. The minimum absolute atomic E-state index is 0.351. The van der Waals surface area contributed by atoms with Crippen LogP contribution in [0.15, 0.2) is 41.4 Å². The summed E-state index contributed by atoms with van der Waals surface area (Å²) in [5, 5.41) is 2.02. The number of benzene rings is 2. The molecule has 114 valence electrons. The van der Waals surface area contributed by atoms with Gasteiger partial charge in [0.2, 0.25) is 0 Å². The molecule has 3 rings (SSSR count). The van der Waals surface area contributed by atoms with Crippen LogP contribution >= 0.6 is 0 Å². The number of hydrogen-bond donors (Lipinski definition) is 0. The average Bonchev–Trinajstić information content (AvgIpc) is 2.53. The Morgan fingerprint density at radius 1 is 1.14 bits per heavy atom. The van der Waals surface area contributed by atoms with Gasteiger partial charge in [-0.3, -0.25) is 0 Å². The summed E-state index contributed by atoms with van der Waals surface area (Å²) in [6, 6.07) is 12.2. The molecule has 1 aliphatic rings. The second-order valence-corrected chi connectivity index (χ2v) is 5.54. The summed E-state index contributed by atoms with van der Waals surface area (Å²) in [5.41, 5.74) is 3.42. The van der Waals surface area contributed by atoms with E-state index < -0.39 is 0 Å². The van der Waals surface area contributed by atoms with Gasteiger partial charge in [0.25, 0.3) is 0 Å². The van der Waals surface area contributed by atoms with Crippen LogP contribution < -0.4 is 20.2 Å². The third-order valence-corrected chi connectivity index (χ3v) is 3.84. The van der Waals surface area contributed by atoms with Crippen molar-refractivity contribution >= 4 is 11.4 Å². The van der Waals surface area contributed by atoms with Crippen LogP contribution in [0.25, 0.3) is 5.76 Å². The molecular formula is C18H20N2O2. The largest absolute Gasteiger partial charge is 0.497 e.